The first-order chi connectivity index (χ1) is 9.10. The number of anilines is 1. The van der Waals surface area contributed by atoms with Crippen molar-refractivity contribution in [1.82, 2.24) is 0 Å². The number of halogens is 3. The summed E-state index contributed by atoms with van der Waals surface area (Å²) in [6.07, 6.45) is 0. The van der Waals surface area contributed by atoms with Gasteiger partial charge in [-0.1, -0.05) is 29.3 Å². The van der Waals surface area contributed by atoms with Gasteiger partial charge in [0.05, 0.1) is 16.3 Å². The summed E-state index contributed by atoms with van der Waals surface area (Å²) in [6.45, 7) is 0.441. The lowest BCUT2D eigenvalue weighted by atomic mass is 10.1. The van der Waals surface area contributed by atoms with Crippen molar-refractivity contribution in [1.29, 1.82) is 5.26 Å². The fourth-order valence-electron chi connectivity index (χ4n) is 1.60. The number of benzene rings is 2. The number of hydrogen-bond acceptors (Lipinski definition) is 2. The Bertz CT molecular complexity index is 650. The summed E-state index contributed by atoms with van der Waals surface area (Å²) in [5.74, 6) is -0.518. The Hall–Kier alpha value is -1.76. The van der Waals surface area contributed by atoms with E-state index in [-0.39, 0.29) is 5.56 Å². The van der Waals surface area contributed by atoms with E-state index in [1.807, 2.05) is 0 Å². The third-order valence-electron chi connectivity index (χ3n) is 2.57. The molecule has 5 heteroatoms. The lowest BCUT2D eigenvalue weighted by Gasteiger charge is -2.09. The Balaban J connectivity index is 2.13. The molecule has 0 bridgehead atoms. The number of nitrogens with zero attached hydrogens (tertiary/aromatic N) is 1. The smallest absolute Gasteiger partial charge is 0.140 e. The van der Waals surface area contributed by atoms with Gasteiger partial charge in [-0.05, 0) is 35.9 Å². The Morgan fingerprint density at radius 3 is 2.63 bits per heavy atom. The molecule has 19 heavy (non-hydrogen) atoms. The van der Waals surface area contributed by atoms with Crippen LogP contribution in [-0.4, -0.2) is 0 Å². The van der Waals surface area contributed by atoms with Gasteiger partial charge in [0.1, 0.15) is 11.9 Å². The van der Waals surface area contributed by atoms with Crippen LogP contribution in [-0.2, 0) is 6.54 Å². The second-order valence-electron chi connectivity index (χ2n) is 3.90. The maximum absolute atomic E-state index is 13.2. The van der Waals surface area contributed by atoms with E-state index in [2.05, 4.69) is 5.32 Å². The minimum atomic E-state index is -0.518. The van der Waals surface area contributed by atoms with Crippen LogP contribution in [0, 0.1) is 17.1 Å². The zero-order chi connectivity index (χ0) is 13.8. The van der Waals surface area contributed by atoms with Gasteiger partial charge < -0.3 is 5.32 Å². The molecule has 0 aliphatic rings. The van der Waals surface area contributed by atoms with Gasteiger partial charge in [0, 0.05) is 11.6 Å². The average molecular weight is 295 g/mol. The topological polar surface area (TPSA) is 35.8 Å². The molecule has 2 nitrogen and oxygen atoms in total. The highest BCUT2D eigenvalue weighted by Crippen LogP contribution is 2.25. The van der Waals surface area contributed by atoms with E-state index >= 15 is 0 Å². The summed E-state index contributed by atoms with van der Waals surface area (Å²) >= 11 is 11.8. The SMILES string of the molecule is N#Cc1cc(CNc2ccc(Cl)cc2Cl)ccc1F. The molecule has 0 aliphatic carbocycles. The summed E-state index contributed by atoms with van der Waals surface area (Å²) in [4.78, 5) is 0. The zero-order valence-electron chi connectivity index (χ0n) is 9.75. The normalized spacial score (nSPS) is 10.0. The first-order valence-electron chi connectivity index (χ1n) is 5.47. The van der Waals surface area contributed by atoms with Gasteiger partial charge in [-0.3, -0.25) is 0 Å². The molecule has 0 heterocycles. The van der Waals surface area contributed by atoms with Gasteiger partial charge in [0.2, 0.25) is 0 Å². The number of nitriles is 1. The molecule has 0 atom stereocenters. The molecular formula is C14H9Cl2FN2. The quantitative estimate of drug-likeness (QED) is 0.897. The van der Waals surface area contributed by atoms with Crippen molar-refractivity contribution in [2.24, 2.45) is 0 Å². The first kappa shape index (κ1) is 13.7. The van der Waals surface area contributed by atoms with E-state index in [1.165, 1.54) is 12.1 Å². The highest BCUT2D eigenvalue weighted by molar-refractivity contribution is 6.36. The number of hydrogen-bond donors (Lipinski definition) is 1. The van der Waals surface area contributed by atoms with E-state index in [0.29, 0.717) is 16.6 Å². The monoisotopic (exact) mass is 294 g/mol. The molecule has 0 aromatic heterocycles. The Morgan fingerprint density at radius 1 is 1.16 bits per heavy atom. The second kappa shape index (κ2) is 5.92. The fraction of sp³-hybridized carbons (Fsp3) is 0.0714. The van der Waals surface area contributed by atoms with Gasteiger partial charge in [-0.15, -0.1) is 0 Å². The predicted molar refractivity (Wildman–Crippen MR) is 74.9 cm³/mol. The van der Waals surface area contributed by atoms with Gasteiger partial charge in [-0.2, -0.15) is 5.26 Å². The van der Waals surface area contributed by atoms with Crippen LogP contribution in [0.15, 0.2) is 36.4 Å². The Labute approximate surface area is 120 Å². The lowest BCUT2D eigenvalue weighted by molar-refractivity contribution is 0.623. The Kier molecular flexibility index (Phi) is 4.26. The van der Waals surface area contributed by atoms with E-state index in [1.54, 1.807) is 30.3 Å². The molecule has 0 fully saturated rings. The summed E-state index contributed by atoms with van der Waals surface area (Å²) in [5, 5.41) is 12.9. The number of nitrogens with one attached hydrogen (secondary N) is 1. The fourth-order valence-corrected chi connectivity index (χ4v) is 2.07. The molecule has 0 radical (unpaired) electrons. The Morgan fingerprint density at radius 2 is 1.95 bits per heavy atom. The van der Waals surface area contributed by atoms with Gasteiger partial charge in [-0.25, -0.2) is 4.39 Å². The number of rotatable bonds is 3. The van der Waals surface area contributed by atoms with Gasteiger partial charge >= 0.3 is 0 Å². The maximum atomic E-state index is 13.2. The van der Waals surface area contributed by atoms with Gasteiger partial charge in [0.25, 0.3) is 0 Å². The molecule has 0 unspecified atom stereocenters. The third-order valence-corrected chi connectivity index (χ3v) is 3.11. The zero-order valence-corrected chi connectivity index (χ0v) is 11.3. The highest BCUT2D eigenvalue weighted by atomic mass is 35.5. The standard InChI is InChI=1S/C14H9Cl2FN2/c15-11-2-4-14(12(16)6-11)19-8-9-1-3-13(17)10(5-9)7-18/h1-6,19H,8H2. The molecule has 0 amide bonds. The highest BCUT2D eigenvalue weighted by Gasteiger charge is 2.04. The predicted octanol–water partition coefficient (Wildman–Crippen LogP) is 4.62. The first-order valence-corrected chi connectivity index (χ1v) is 6.23. The summed E-state index contributed by atoms with van der Waals surface area (Å²) < 4.78 is 13.2. The van der Waals surface area contributed by atoms with Crippen LogP contribution in [0.4, 0.5) is 10.1 Å². The van der Waals surface area contributed by atoms with Crippen LogP contribution < -0.4 is 5.32 Å². The van der Waals surface area contributed by atoms with Crippen molar-refractivity contribution >= 4 is 28.9 Å². The van der Waals surface area contributed by atoms with Gasteiger partial charge in [0.15, 0.2) is 0 Å². The van der Waals surface area contributed by atoms with Crippen molar-refractivity contribution in [2.45, 2.75) is 6.54 Å². The largest absolute Gasteiger partial charge is 0.380 e. The van der Waals surface area contributed by atoms with Crippen molar-refractivity contribution < 1.29 is 4.39 Å². The molecule has 2 rings (SSSR count). The van der Waals surface area contributed by atoms with Crippen molar-refractivity contribution in [3.63, 3.8) is 0 Å². The minimum absolute atomic E-state index is 0.0292. The van der Waals surface area contributed by atoms with Crippen molar-refractivity contribution in [3.05, 3.63) is 63.4 Å². The average Bonchev–Trinajstić information content (AvgIpc) is 2.39. The summed E-state index contributed by atoms with van der Waals surface area (Å²) in [7, 11) is 0. The molecular weight excluding hydrogens is 286 g/mol. The van der Waals surface area contributed by atoms with E-state index in [0.717, 1.165) is 11.3 Å². The van der Waals surface area contributed by atoms with Crippen LogP contribution in [0.1, 0.15) is 11.1 Å². The molecule has 1 N–H and O–H groups in total. The minimum Gasteiger partial charge on any atom is -0.380 e. The molecule has 0 saturated carbocycles. The van der Waals surface area contributed by atoms with E-state index in [4.69, 9.17) is 28.5 Å². The van der Waals surface area contributed by atoms with Crippen LogP contribution in [0.2, 0.25) is 10.0 Å². The summed E-state index contributed by atoms with van der Waals surface area (Å²) in [5.41, 5.74) is 1.55. The van der Waals surface area contributed by atoms with Crippen LogP contribution in [0.25, 0.3) is 0 Å². The summed E-state index contributed by atoms with van der Waals surface area (Å²) in [6, 6.07) is 11.3. The van der Waals surface area contributed by atoms with Crippen LogP contribution in [0.3, 0.4) is 0 Å². The molecule has 0 aliphatic heterocycles. The molecule has 2 aromatic carbocycles. The van der Waals surface area contributed by atoms with Crippen molar-refractivity contribution in [3.8, 4) is 6.07 Å². The van der Waals surface area contributed by atoms with E-state index in [9.17, 15) is 4.39 Å². The van der Waals surface area contributed by atoms with Crippen LogP contribution >= 0.6 is 23.2 Å². The second-order valence-corrected chi connectivity index (χ2v) is 4.75. The maximum Gasteiger partial charge on any atom is 0.140 e. The molecule has 0 spiro atoms. The molecule has 2 aromatic rings. The van der Waals surface area contributed by atoms with Crippen LogP contribution in [0.5, 0.6) is 0 Å². The molecule has 96 valence electrons. The third kappa shape index (κ3) is 3.37. The van der Waals surface area contributed by atoms with Crippen molar-refractivity contribution in [2.75, 3.05) is 5.32 Å². The van der Waals surface area contributed by atoms with E-state index < -0.39 is 5.82 Å². The lowest BCUT2D eigenvalue weighted by Crippen LogP contribution is -2.01. The molecule has 0 saturated heterocycles.